The predicted octanol–water partition coefficient (Wildman–Crippen LogP) is 2.61. The smallest absolute Gasteiger partial charge is 0.269 e. The fraction of sp³-hybridized carbons (Fsp3) is 0.462. The molecule has 0 aliphatic carbocycles. The summed E-state index contributed by atoms with van der Waals surface area (Å²) >= 11 is 6.00. The highest BCUT2D eigenvalue weighted by Gasteiger charge is 2.22. The second-order valence-electron chi connectivity index (χ2n) is 5.00. The van der Waals surface area contributed by atoms with E-state index in [1.807, 2.05) is 13.8 Å². The van der Waals surface area contributed by atoms with Gasteiger partial charge < -0.3 is 10.6 Å². The fourth-order valence-electron chi connectivity index (χ4n) is 1.67. The van der Waals surface area contributed by atoms with Gasteiger partial charge in [-0.1, -0.05) is 25.4 Å². The molecule has 0 spiro atoms. The Hall–Kier alpha value is -1.37. The van der Waals surface area contributed by atoms with Gasteiger partial charge in [-0.25, -0.2) is 0 Å². The quantitative estimate of drug-likeness (QED) is 0.661. The Kier molecular flexibility index (Phi) is 7.63. The predicted molar refractivity (Wildman–Crippen MR) is 84.6 cm³/mol. The maximum Gasteiger partial charge on any atom is 0.269 e. The van der Waals surface area contributed by atoms with Crippen molar-refractivity contribution < 1.29 is 9.72 Å². The normalized spacial score (nSPS) is 11.7. The molecule has 0 heterocycles. The second kappa shape index (κ2) is 8.17. The Morgan fingerprint density at radius 2 is 2.05 bits per heavy atom. The molecule has 0 saturated heterocycles. The SMILES string of the molecule is CC(C)[C@H](N)C(=O)N(C)Cc1cc([N+](=O)[O-])ccc1Cl.Cl. The molecular formula is C13H19Cl2N3O3. The number of non-ortho nitro benzene ring substituents is 1. The van der Waals surface area contributed by atoms with Crippen LogP contribution in [0.2, 0.25) is 5.02 Å². The molecular weight excluding hydrogens is 317 g/mol. The Morgan fingerprint density at radius 3 is 2.52 bits per heavy atom. The molecule has 1 aromatic rings. The number of carbonyl (C=O) groups excluding carboxylic acids is 1. The fourth-order valence-corrected chi connectivity index (χ4v) is 1.85. The van der Waals surface area contributed by atoms with Crippen LogP contribution in [0.4, 0.5) is 5.69 Å². The summed E-state index contributed by atoms with van der Waals surface area (Å²) in [6, 6.07) is 3.55. The molecule has 0 aromatic heterocycles. The number of hydrogen-bond donors (Lipinski definition) is 1. The van der Waals surface area contributed by atoms with Gasteiger partial charge in [-0.15, -0.1) is 12.4 Å². The summed E-state index contributed by atoms with van der Waals surface area (Å²) in [6.45, 7) is 3.90. The average molecular weight is 336 g/mol. The molecule has 0 bridgehead atoms. The lowest BCUT2D eigenvalue weighted by Gasteiger charge is -2.23. The van der Waals surface area contributed by atoms with Gasteiger partial charge in [-0.2, -0.15) is 0 Å². The topological polar surface area (TPSA) is 89.5 Å². The first-order valence-corrected chi connectivity index (χ1v) is 6.55. The number of benzene rings is 1. The van der Waals surface area contributed by atoms with E-state index in [9.17, 15) is 14.9 Å². The van der Waals surface area contributed by atoms with E-state index in [0.717, 1.165) is 0 Å². The molecule has 21 heavy (non-hydrogen) atoms. The van der Waals surface area contributed by atoms with Gasteiger partial charge in [0.2, 0.25) is 5.91 Å². The first-order valence-electron chi connectivity index (χ1n) is 6.17. The Morgan fingerprint density at radius 1 is 1.48 bits per heavy atom. The first-order chi connectivity index (χ1) is 9.23. The number of likely N-dealkylation sites (N-methyl/N-ethyl adjacent to an activating group) is 1. The van der Waals surface area contributed by atoms with Crippen LogP contribution in [-0.4, -0.2) is 28.8 Å². The van der Waals surface area contributed by atoms with Crippen molar-refractivity contribution in [2.45, 2.75) is 26.4 Å². The van der Waals surface area contributed by atoms with E-state index in [-0.39, 0.29) is 36.5 Å². The number of nitrogens with two attached hydrogens (primary N) is 1. The van der Waals surface area contributed by atoms with E-state index >= 15 is 0 Å². The molecule has 8 heteroatoms. The lowest BCUT2D eigenvalue weighted by molar-refractivity contribution is -0.384. The van der Waals surface area contributed by atoms with Crippen molar-refractivity contribution >= 4 is 35.6 Å². The third-order valence-electron chi connectivity index (χ3n) is 3.03. The summed E-state index contributed by atoms with van der Waals surface area (Å²) in [6.07, 6.45) is 0. The van der Waals surface area contributed by atoms with Crippen molar-refractivity contribution in [1.29, 1.82) is 0 Å². The van der Waals surface area contributed by atoms with Crippen LogP contribution < -0.4 is 5.73 Å². The van der Waals surface area contributed by atoms with Crippen molar-refractivity contribution in [3.63, 3.8) is 0 Å². The number of hydrogen-bond acceptors (Lipinski definition) is 4. The summed E-state index contributed by atoms with van der Waals surface area (Å²) in [5.41, 5.74) is 6.26. The number of carbonyl (C=O) groups is 1. The van der Waals surface area contributed by atoms with E-state index in [1.54, 1.807) is 7.05 Å². The molecule has 0 aliphatic rings. The van der Waals surface area contributed by atoms with E-state index in [4.69, 9.17) is 17.3 Å². The largest absolute Gasteiger partial charge is 0.340 e. The van der Waals surface area contributed by atoms with E-state index in [1.165, 1.54) is 23.1 Å². The minimum Gasteiger partial charge on any atom is -0.340 e. The second-order valence-corrected chi connectivity index (χ2v) is 5.40. The minimum atomic E-state index is -0.600. The van der Waals surface area contributed by atoms with Crippen molar-refractivity contribution in [3.8, 4) is 0 Å². The number of nitro groups is 1. The van der Waals surface area contributed by atoms with Crippen molar-refractivity contribution in [3.05, 3.63) is 38.9 Å². The van der Waals surface area contributed by atoms with Crippen LogP contribution in [0, 0.1) is 16.0 Å². The first kappa shape index (κ1) is 19.6. The van der Waals surface area contributed by atoms with Crippen LogP contribution in [0.3, 0.4) is 0 Å². The van der Waals surface area contributed by atoms with Crippen LogP contribution >= 0.6 is 24.0 Å². The van der Waals surface area contributed by atoms with Gasteiger partial charge in [0, 0.05) is 30.7 Å². The van der Waals surface area contributed by atoms with Gasteiger partial charge >= 0.3 is 0 Å². The summed E-state index contributed by atoms with van der Waals surface area (Å²) < 4.78 is 0. The minimum absolute atomic E-state index is 0. The molecule has 1 rings (SSSR count). The lowest BCUT2D eigenvalue weighted by atomic mass is 10.0. The number of nitro benzene ring substituents is 1. The molecule has 0 fully saturated rings. The Balaban J connectivity index is 0.00000400. The molecule has 0 saturated carbocycles. The van der Waals surface area contributed by atoms with E-state index < -0.39 is 11.0 Å². The van der Waals surface area contributed by atoms with Crippen molar-refractivity contribution in [2.24, 2.45) is 11.7 Å². The van der Waals surface area contributed by atoms with Gasteiger partial charge in [0.15, 0.2) is 0 Å². The maximum atomic E-state index is 12.0. The molecule has 0 radical (unpaired) electrons. The van der Waals surface area contributed by atoms with Crippen LogP contribution in [0.5, 0.6) is 0 Å². The molecule has 118 valence electrons. The highest BCUT2D eigenvalue weighted by atomic mass is 35.5. The van der Waals surface area contributed by atoms with E-state index in [2.05, 4.69) is 0 Å². The molecule has 6 nitrogen and oxygen atoms in total. The van der Waals surface area contributed by atoms with Gasteiger partial charge in [0.1, 0.15) is 0 Å². The summed E-state index contributed by atoms with van der Waals surface area (Å²) in [4.78, 5) is 23.7. The van der Waals surface area contributed by atoms with Crippen molar-refractivity contribution in [2.75, 3.05) is 7.05 Å². The van der Waals surface area contributed by atoms with Gasteiger partial charge in [-0.3, -0.25) is 14.9 Å². The van der Waals surface area contributed by atoms with Crippen LogP contribution in [0.15, 0.2) is 18.2 Å². The number of rotatable bonds is 5. The Labute approximate surface area is 134 Å². The maximum absolute atomic E-state index is 12.0. The van der Waals surface area contributed by atoms with Crippen LogP contribution in [-0.2, 0) is 11.3 Å². The zero-order valence-corrected chi connectivity index (χ0v) is 13.6. The number of amides is 1. The summed E-state index contributed by atoms with van der Waals surface area (Å²) in [5, 5.41) is 11.1. The zero-order chi connectivity index (χ0) is 15.4. The van der Waals surface area contributed by atoms with Crippen LogP contribution in [0.1, 0.15) is 19.4 Å². The number of halogens is 2. The van der Waals surface area contributed by atoms with Crippen LogP contribution in [0.25, 0.3) is 0 Å². The summed E-state index contributed by atoms with van der Waals surface area (Å²) in [5.74, 6) is -0.201. The summed E-state index contributed by atoms with van der Waals surface area (Å²) in [7, 11) is 1.60. The lowest BCUT2D eigenvalue weighted by Crippen LogP contribution is -2.44. The molecule has 1 amide bonds. The third kappa shape index (κ3) is 5.15. The standard InChI is InChI=1S/C13H18ClN3O3.ClH/c1-8(2)12(15)13(18)16(3)7-9-6-10(17(19)20)4-5-11(9)14;/h4-6,8,12H,7,15H2,1-3H3;1H/t12-;/m0./s1. The van der Waals surface area contributed by atoms with Gasteiger partial charge in [0.25, 0.3) is 5.69 Å². The average Bonchev–Trinajstić information content (AvgIpc) is 2.38. The van der Waals surface area contributed by atoms with E-state index in [0.29, 0.717) is 10.6 Å². The van der Waals surface area contributed by atoms with Gasteiger partial charge in [-0.05, 0) is 17.5 Å². The van der Waals surface area contributed by atoms with Gasteiger partial charge in [0.05, 0.1) is 11.0 Å². The molecule has 2 N–H and O–H groups in total. The molecule has 1 atom stereocenters. The monoisotopic (exact) mass is 335 g/mol. The van der Waals surface area contributed by atoms with Crippen molar-refractivity contribution in [1.82, 2.24) is 4.90 Å². The Bertz CT molecular complexity index is 523. The third-order valence-corrected chi connectivity index (χ3v) is 3.40. The highest BCUT2D eigenvalue weighted by Crippen LogP contribution is 2.23. The molecule has 0 aliphatic heterocycles. The molecule has 1 aromatic carbocycles. The molecule has 0 unspecified atom stereocenters. The zero-order valence-electron chi connectivity index (χ0n) is 12.1. The highest BCUT2D eigenvalue weighted by molar-refractivity contribution is 6.31. The number of nitrogens with zero attached hydrogens (tertiary/aromatic N) is 2.